The maximum Gasteiger partial charge on any atom is 0.252 e. The molecular formula is C64H59B2N3S. The second kappa shape index (κ2) is 13.7. The number of thiophene rings is 1. The van der Waals surface area contributed by atoms with Gasteiger partial charge in [-0.1, -0.05) is 174 Å². The number of aromatic nitrogens is 1. The Kier molecular flexibility index (Phi) is 8.28. The van der Waals surface area contributed by atoms with Crippen molar-refractivity contribution in [1.29, 1.82) is 0 Å². The number of para-hydroxylation sites is 1. The molecule has 70 heavy (non-hydrogen) atoms. The molecule has 2 aromatic heterocycles. The van der Waals surface area contributed by atoms with Crippen molar-refractivity contribution in [2.45, 2.75) is 105 Å². The first kappa shape index (κ1) is 42.4. The first-order chi connectivity index (χ1) is 33.3. The molecule has 14 rings (SSSR count). The lowest BCUT2D eigenvalue weighted by Gasteiger charge is -2.47. The van der Waals surface area contributed by atoms with Gasteiger partial charge in [-0.3, -0.25) is 0 Å². The molecule has 342 valence electrons. The molecule has 0 spiro atoms. The summed E-state index contributed by atoms with van der Waals surface area (Å²) in [5.41, 5.74) is 25.4. The van der Waals surface area contributed by atoms with E-state index in [1.165, 1.54) is 137 Å². The highest BCUT2D eigenvalue weighted by Gasteiger charge is 2.51. The second-order valence-electron chi connectivity index (χ2n) is 25.0. The Hall–Kier alpha value is -6.49. The highest BCUT2D eigenvalue weighted by atomic mass is 32.1. The molecule has 0 unspecified atom stereocenters. The molecule has 0 amide bonds. The molecule has 6 heterocycles. The Labute approximate surface area is 417 Å². The smallest absolute Gasteiger partial charge is 0.252 e. The van der Waals surface area contributed by atoms with E-state index >= 15 is 0 Å². The summed E-state index contributed by atoms with van der Waals surface area (Å²) in [6, 6.07) is 55.4. The van der Waals surface area contributed by atoms with Crippen LogP contribution in [0.4, 0.5) is 34.1 Å². The van der Waals surface area contributed by atoms with Gasteiger partial charge in [-0.15, -0.1) is 11.3 Å². The minimum absolute atomic E-state index is 0.00379. The lowest BCUT2D eigenvalue weighted by molar-refractivity contribution is 0.590. The van der Waals surface area contributed by atoms with Crippen LogP contribution >= 0.6 is 11.3 Å². The number of hydrogen-bond donors (Lipinski definition) is 0. The minimum atomic E-state index is -0.0392. The molecule has 0 fully saturated rings. The third kappa shape index (κ3) is 5.60. The predicted molar refractivity (Wildman–Crippen MR) is 307 cm³/mol. The molecule has 3 nitrogen and oxygen atoms in total. The van der Waals surface area contributed by atoms with Gasteiger partial charge >= 0.3 is 0 Å². The molecule has 0 radical (unpaired) electrons. The van der Waals surface area contributed by atoms with E-state index < -0.39 is 0 Å². The molecule has 6 heteroatoms. The van der Waals surface area contributed by atoms with Crippen LogP contribution in [0.3, 0.4) is 0 Å². The van der Waals surface area contributed by atoms with Crippen molar-refractivity contribution in [2.24, 2.45) is 0 Å². The monoisotopic (exact) mass is 923 g/mol. The fraction of sp³-hybridized carbons (Fsp3) is 0.250. The van der Waals surface area contributed by atoms with Crippen LogP contribution in [0.25, 0.3) is 47.7 Å². The number of rotatable bonds is 2. The van der Waals surface area contributed by atoms with Crippen molar-refractivity contribution in [1.82, 2.24) is 4.57 Å². The van der Waals surface area contributed by atoms with Gasteiger partial charge < -0.3 is 14.4 Å². The maximum atomic E-state index is 2.78. The number of anilines is 6. The number of hydrogen-bond acceptors (Lipinski definition) is 3. The van der Waals surface area contributed by atoms with Crippen LogP contribution in [-0.4, -0.2) is 18.0 Å². The van der Waals surface area contributed by atoms with Gasteiger partial charge in [0.1, 0.15) is 0 Å². The van der Waals surface area contributed by atoms with E-state index in [0.717, 1.165) is 0 Å². The molecule has 0 N–H and O–H groups in total. The van der Waals surface area contributed by atoms with E-state index in [4.69, 9.17) is 0 Å². The Balaban J connectivity index is 1.20. The molecule has 0 aliphatic carbocycles. The van der Waals surface area contributed by atoms with Gasteiger partial charge in [-0.25, -0.2) is 0 Å². The van der Waals surface area contributed by atoms with Crippen molar-refractivity contribution in [2.75, 3.05) is 9.80 Å². The Bertz CT molecular complexity index is 3940. The molecule has 4 aliphatic rings. The summed E-state index contributed by atoms with van der Waals surface area (Å²) in [7, 11) is 0. The quantitative estimate of drug-likeness (QED) is 0.160. The third-order valence-corrected chi connectivity index (χ3v) is 17.8. The molecule has 10 aromatic rings. The molecule has 0 bridgehead atoms. The summed E-state index contributed by atoms with van der Waals surface area (Å²) in [5, 5.41) is 5.48. The lowest BCUT2D eigenvalue weighted by atomic mass is 9.29. The van der Waals surface area contributed by atoms with E-state index in [0.29, 0.717) is 0 Å². The van der Waals surface area contributed by atoms with Crippen LogP contribution < -0.4 is 42.6 Å². The van der Waals surface area contributed by atoms with E-state index in [9.17, 15) is 0 Å². The van der Waals surface area contributed by atoms with E-state index in [1.54, 1.807) is 0 Å². The molecule has 4 aliphatic heterocycles. The van der Waals surface area contributed by atoms with Gasteiger partial charge in [0.25, 0.3) is 13.4 Å². The van der Waals surface area contributed by atoms with Crippen molar-refractivity contribution in [3.8, 4) is 5.69 Å². The fourth-order valence-corrected chi connectivity index (χ4v) is 14.2. The van der Waals surface area contributed by atoms with E-state index in [-0.39, 0.29) is 35.1 Å². The Morgan fingerprint density at radius 1 is 0.386 bits per heavy atom. The fourth-order valence-electron chi connectivity index (χ4n) is 12.9. The SMILES string of the molecule is CC(C)(C)c1ccc(N2c3ccc(C(C)(C)C)cc3B3c4c2cc2c5c4-n4c6c3cccc6c3c6sc7ccccc7c6cc(c34)B5c3cc(C(C)(C)C)ccc3N2c2ccc(C(C)(C)C)cc2)cc1. The van der Waals surface area contributed by atoms with Crippen LogP contribution in [0.1, 0.15) is 105 Å². The van der Waals surface area contributed by atoms with Crippen molar-refractivity contribution in [3.05, 3.63) is 162 Å². The van der Waals surface area contributed by atoms with Crippen LogP contribution in [0.5, 0.6) is 0 Å². The largest absolute Gasteiger partial charge is 0.311 e. The predicted octanol–water partition coefficient (Wildman–Crippen LogP) is 13.6. The molecule has 0 saturated carbocycles. The Morgan fingerprint density at radius 3 is 1.40 bits per heavy atom. The first-order valence-electron chi connectivity index (χ1n) is 25.5. The number of fused-ring (bicyclic) bond motifs is 11. The summed E-state index contributed by atoms with van der Waals surface area (Å²) >= 11 is 1.97. The summed E-state index contributed by atoms with van der Waals surface area (Å²) in [6.07, 6.45) is 0. The summed E-state index contributed by atoms with van der Waals surface area (Å²) in [4.78, 5) is 5.26. The highest BCUT2D eigenvalue weighted by Crippen LogP contribution is 2.50. The van der Waals surface area contributed by atoms with Crippen LogP contribution in [-0.2, 0) is 21.7 Å². The van der Waals surface area contributed by atoms with Crippen LogP contribution in [0.15, 0.2) is 140 Å². The van der Waals surface area contributed by atoms with Crippen LogP contribution in [0.2, 0.25) is 0 Å². The standard InChI is InChI=1S/C64H59B2N3S/c1-61(2,3)36-20-26-40(27-21-36)67-49-30-24-38(63(7,8)9)32-46(49)65-45-18-15-17-43-54-58-48(34-44-42-16-13-14-19-53(42)70-60(44)54)66-47-33-39(64(10,11)12)25-31-50(47)68(41-28-22-37(23-29-41)62(4,5)6)52-35-51(67)55(65)59(56(52)66)69(58)57(43)45/h13-35H,1-12H3. The van der Waals surface area contributed by atoms with Crippen LogP contribution in [0, 0.1) is 0 Å². The van der Waals surface area contributed by atoms with Gasteiger partial charge in [0, 0.05) is 76.3 Å². The average Bonchev–Trinajstić information content (AvgIpc) is 3.87. The van der Waals surface area contributed by atoms with Crippen molar-refractivity contribution < 1.29 is 0 Å². The van der Waals surface area contributed by atoms with Gasteiger partial charge in [0.2, 0.25) is 0 Å². The first-order valence-corrected chi connectivity index (χ1v) is 26.3. The van der Waals surface area contributed by atoms with E-state index in [2.05, 4.69) is 237 Å². The highest BCUT2D eigenvalue weighted by molar-refractivity contribution is 7.27. The number of benzene rings is 8. The molecule has 0 saturated heterocycles. The van der Waals surface area contributed by atoms with Crippen molar-refractivity contribution in [3.63, 3.8) is 0 Å². The topological polar surface area (TPSA) is 11.4 Å². The maximum absolute atomic E-state index is 2.78. The van der Waals surface area contributed by atoms with Gasteiger partial charge in [-0.05, 0) is 125 Å². The van der Waals surface area contributed by atoms with Crippen molar-refractivity contribution >= 4 is 134 Å². The Morgan fingerprint density at radius 2 is 0.871 bits per heavy atom. The van der Waals surface area contributed by atoms with Gasteiger partial charge in [0.15, 0.2) is 0 Å². The van der Waals surface area contributed by atoms with Gasteiger partial charge in [0.05, 0.1) is 5.52 Å². The third-order valence-electron chi connectivity index (χ3n) is 16.6. The van der Waals surface area contributed by atoms with Gasteiger partial charge in [-0.2, -0.15) is 0 Å². The zero-order valence-corrected chi connectivity index (χ0v) is 43.5. The summed E-state index contributed by atoms with van der Waals surface area (Å²) in [6.45, 7) is 28.1. The van der Waals surface area contributed by atoms with E-state index in [1.807, 2.05) is 11.3 Å². The average molecular weight is 924 g/mol. The zero-order chi connectivity index (χ0) is 48.3. The molecular weight excluding hydrogens is 864 g/mol. The zero-order valence-electron chi connectivity index (χ0n) is 42.7. The number of nitrogens with zero attached hydrogens (tertiary/aromatic N) is 3. The normalized spacial score (nSPS) is 14.7. The summed E-state index contributed by atoms with van der Waals surface area (Å²) in [5.74, 6) is 0. The summed E-state index contributed by atoms with van der Waals surface area (Å²) < 4.78 is 5.52. The molecule has 0 atom stereocenters. The molecule has 8 aromatic carbocycles. The second-order valence-corrected chi connectivity index (χ2v) is 26.1. The minimum Gasteiger partial charge on any atom is -0.311 e. The lowest BCUT2D eigenvalue weighted by Crippen LogP contribution is -2.67.